The molecule has 0 saturated carbocycles. The van der Waals surface area contributed by atoms with E-state index in [0.717, 1.165) is 22.3 Å². The summed E-state index contributed by atoms with van der Waals surface area (Å²) in [6.07, 6.45) is 1.09. The quantitative estimate of drug-likeness (QED) is 0.111. The largest absolute Gasteiger partial charge is 0.485 e. The first-order valence-electron chi connectivity index (χ1n) is 15.2. The molecule has 0 bridgehead atoms. The van der Waals surface area contributed by atoms with Gasteiger partial charge in [-0.15, -0.1) is 0 Å². The van der Waals surface area contributed by atoms with Crippen LogP contribution in [0, 0.1) is 0 Å². The molecule has 0 saturated heterocycles. The van der Waals surface area contributed by atoms with Crippen LogP contribution in [0.15, 0.2) is 132 Å². The van der Waals surface area contributed by atoms with Crippen LogP contribution in [0.3, 0.4) is 0 Å². The van der Waals surface area contributed by atoms with Gasteiger partial charge >= 0.3 is 11.9 Å². The first-order valence-corrected chi connectivity index (χ1v) is 15.2. The number of aliphatic imine (C=N–C) groups is 1. The van der Waals surface area contributed by atoms with Crippen molar-refractivity contribution in [3.05, 3.63) is 161 Å². The fourth-order valence-electron chi connectivity index (χ4n) is 5.23. The summed E-state index contributed by atoms with van der Waals surface area (Å²) in [5, 5.41) is 10.4. The molecule has 47 heavy (non-hydrogen) atoms. The van der Waals surface area contributed by atoms with E-state index in [1.807, 2.05) is 109 Å². The van der Waals surface area contributed by atoms with E-state index in [-0.39, 0.29) is 32.8 Å². The van der Waals surface area contributed by atoms with E-state index >= 15 is 0 Å². The highest BCUT2D eigenvalue weighted by molar-refractivity contribution is 6.08. The lowest BCUT2D eigenvalue weighted by atomic mass is 9.86. The smallest absolute Gasteiger partial charge is 0.346 e. The Morgan fingerprint density at radius 3 is 1.55 bits per heavy atom. The molecule has 1 atom stereocenters. The normalized spacial score (nSPS) is 14.9. The maximum Gasteiger partial charge on any atom is 0.346 e. The van der Waals surface area contributed by atoms with Gasteiger partial charge in [0.15, 0.2) is 11.5 Å². The number of rotatable bonds is 13. The summed E-state index contributed by atoms with van der Waals surface area (Å²) in [5.74, 6) is -1.34. The Bertz CT molecular complexity index is 1850. The summed E-state index contributed by atoms with van der Waals surface area (Å²) in [4.78, 5) is 30.5. The van der Waals surface area contributed by atoms with Gasteiger partial charge in [0, 0.05) is 18.2 Å². The number of esters is 1. The van der Waals surface area contributed by atoms with Crippen LogP contribution in [0.4, 0.5) is 0 Å². The van der Waals surface area contributed by atoms with E-state index in [0.29, 0.717) is 28.4 Å². The molecule has 5 aromatic carbocycles. The number of ether oxygens (including phenoxy) is 4. The predicted molar refractivity (Wildman–Crippen MR) is 177 cm³/mol. The number of carboxylic acid groups (broad SMARTS) is 1. The van der Waals surface area contributed by atoms with E-state index in [1.54, 1.807) is 18.2 Å². The number of carbonyl (C=O) groups excluding carboxylic acids is 1. The van der Waals surface area contributed by atoms with Gasteiger partial charge in [-0.1, -0.05) is 121 Å². The van der Waals surface area contributed by atoms with Gasteiger partial charge in [0.25, 0.3) is 5.54 Å². The molecule has 0 spiro atoms. The summed E-state index contributed by atoms with van der Waals surface area (Å²) in [5.41, 5.74) is 2.32. The van der Waals surface area contributed by atoms with Gasteiger partial charge in [-0.3, -0.25) is 4.99 Å². The first-order chi connectivity index (χ1) is 23.0. The molecule has 8 nitrogen and oxygen atoms in total. The second kappa shape index (κ2) is 14.5. The number of carbonyl (C=O) groups is 2. The number of carboxylic acids is 1. The van der Waals surface area contributed by atoms with E-state index in [2.05, 4.69) is 4.99 Å². The minimum absolute atomic E-state index is 0.0831. The van der Waals surface area contributed by atoms with Gasteiger partial charge in [-0.05, 0) is 33.9 Å². The zero-order valence-electron chi connectivity index (χ0n) is 25.6. The molecule has 1 unspecified atom stereocenters. The maximum absolute atomic E-state index is 13.5. The standard InChI is InChI=1S/C39H33NO7/c41-37(42)39(38(43)47-27-31-19-11-4-12-20-31)22-32-21-34(44-24-28-13-5-1-6-14-28)36(46-26-30-17-9-3-10-18-30)35(33(32)23-40-39)45-25-29-15-7-2-8-16-29/h1-21,23H,22,24-27H2,(H,41,42). The molecule has 5 aromatic rings. The van der Waals surface area contributed by atoms with Crippen molar-refractivity contribution in [2.24, 2.45) is 4.99 Å². The van der Waals surface area contributed by atoms with E-state index in [1.165, 1.54) is 6.21 Å². The lowest BCUT2D eigenvalue weighted by molar-refractivity contribution is -0.161. The topological polar surface area (TPSA) is 104 Å². The third kappa shape index (κ3) is 7.34. The molecular weight excluding hydrogens is 594 g/mol. The Balaban J connectivity index is 1.40. The molecule has 6 rings (SSSR count). The molecule has 0 aliphatic carbocycles. The van der Waals surface area contributed by atoms with Crippen molar-refractivity contribution < 1.29 is 33.6 Å². The van der Waals surface area contributed by atoms with Crippen LogP contribution in [0.2, 0.25) is 0 Å². The van der Waals surface area contributed by atoms with Crippen LogP contribution < -0.4 is 14.2 Å². The Labute approximate surface area is 272 Å². The average molecular weight is 628 g/mol. The number of aliphatic carboxylic acids is 1. The number of benzene rings is 5. The molecular formula is C39H33NO7. The average Bonchev–Trinajstić information content (AvgIpc) is 3.12. The summed E-state index contributed by atoms with van der Waals surface area (Å²) in [6.45, 7) is 0.566. The van der Waals surface area contributed by atoms with Gasteiger partial charge in [0.1, 0.15) is 26.4 Å². The van der Waals surface area contributed by atoms with E-state index in [9.17, 15) is 14.7 Å². The second-order valence-corrected chi connectivity index (χ2v) is 11.1. The molecule has 236 valence electrons. The van der Waals surface area contributed by atoms with Gasteiger partial charge in [0.2, 0.25) is 5.75 Å². The Morgan fingerprint density at radius 1 is 0.617 bits per heavy atom. The third-order valence-electron chi connectivity index (χ3n) is 7.78. The summed E-state index contributed by atoms with van der Waals surface area (Å²) < 4.78 is 24.7. The van der Waals surface area contributed by atoms with Gasteiger partial charge < -0.3 is 24.1 Å². The third-order valence-corrected chi connectivity index (χ3v) is 7.78. The predicted octanol–water partition coefficient (Wildman–Crippen LogP) is 6.97. The molecule has 0 aromatic heterocycles. The highest BCUT2D eigenvalue weighted by atomic mass is 16.5. The van der Waals surface area contributed by atoms with E-state index < -0.39 is 17.5 Å². The Morgan fingerprint density at radius 2 is 1.06 bits per heavy atom. The van der Waals surface area contributed by atoms with Crippen molar-refractivity contribution in [1.29, 1.82) is 0 Å². The second-order valence-electron chi connectivity index (χ2n) is 11.1. The molecule has 0 fully saturated rings. The highest BCUT2D eigenvalue weighted by Gasteiger charge is 2.50. The Hall–Kier alpha value is -5.89. The summed E-state index contributed by atoms with van der Waals surface area (Å²) in [7, 11) is 0. The van der Waals surface area contributed by atoms with Crippen molar-refractivity contribution in [3.8, 4) is 17.2 Å². The van der Waals surface area contributed by atoms with Crippen LogP contribution >= 0.6 is 0 Å². The zero-order valence-corrected chi connectivity index (χ0v) is 25.6. The maximum atomic E-state index is 13.5. The lowest BCUT2D eigenvalue weighted by Crippen LogP contribution is -2.49. The summed E-state index contributed by atoms with van der Waals surface area (Å²) >= 11 is 0. The van der Waals surface area contributed by atoms with Crippen LogP contribution in [0.1, 0.15) is 33.4 Å². The highest BCUT2D eigenvalue weighted by Crippen LogP contribution is 2.46. The van der Waals surface area contributed by atoms with Crippen LogP contribution in [0.25, 0.3) is 0 Å². The van der Waals surface area contributed by atoms with Crippen LogP contribution in [-0.2, 0) is 47.2 Å². The fraction of sp³-hybridized carbons (Fsp3) is 0.154. The number of nitrogens with zero attached hydrogens (tertiary/aromatic N) is 1. The molecule has 1 N–H and O–H groups in total. The molecule has 0 radical (unpaired) electrons. The van der Waals surface area contributed by atoms with Crippen LogP contribution in [0.5, 0.6) is 17.2 Å². The number of fused-ring (bicyclic) bond motifs is 1. The van der Waals surface area contributed by atoms with Crippen LogP contribution in [-0.4, -0.2) is 28.8 Å². The zero-order chi connectivity index (χ0) is 32.5. The monoisotopic (exact) mass is 627 g/mol. The summed E-state index contributed by atoms with van der Waals surface area (Å²) in [6, 6.07) is 39.8. The minimum atomic E-state index is -2.19. The fourth-order valence-corrected chi connectivity index (χ4v) is 5.23. The van der Waals surface area contributed by atoms with Crippen molar-refractivity contribution in [2.45, 2.75) is 38.4 Å². The number of hydrogen-bond donors (Lipinski definition) is 1. The molecule has 1 aliphatic heterocycles. The van der Waals surface area contributed by atoms with E-state index in [4.69, 9.17) is 18.9 Å². The van der Waals surface area contributed by atoms with Gasteiger partial charge in [-0.25, -0.2) is 9.59 Å². The SMILES string of the molecule is O=C(O)C1(C(=O)OCc2ccccc2)Cc2cc(OCc3ccccc3)c(OCc3ccccc3)c(OCc3ccccc3)c2C=N1. The van der Waals surface area contributed by atoms with Gasteiger partial charge in [0.05, 0.1) is 0 Å². The van der Waals surface area contributed by atoms with Gasteiger partial charge in [-0.2, -0.15) is 0 Å². The minimum Gasteiger partial charge on any atom is -0.485 e. The molecule has 8 heteroatoms. The van der Waals surface area contributed by atoms with Crippen molar-refractivity contribution in [1.82, 2.24) is 0 Å². The first kappa shape index (κ1) is 31.1. The van der Waals surface area contributed by atoms with Crippen molar-refractivity contribution >= 4 is 18.2 Å². The molecule has 1 aliphatic rings. The number of hydrogen-bond acceptors (Lipinski definition) is 7. The molecule has 1 heterocycles. The molecule has 0 amide bonds. The van der Waals surface area contributed by atoms with Crippen molar-refractivity contribution in [2.75, 3.05) is 0 Å². The Kier molecular flexibility index (Phi) is 9.58. The van der Waals surface area contributed by atoms with Crippen molar-refractivity contribution in [3.63, 3.8) is 0 Å². The lowest BCUT2D eigenvalue weighted by Gasteiger charge is -2.29.